The minimum absolute atomic E-state index is 0.00198. The van der Waals surface area contributed by atoms with Gasteiger partial charge < -0.3 is 10.6 Å². The summed E-state index contributed by atoms with van der Waals surface area (Å²) in [4.78, 5) is 29.3. The second-order valence-electron chi connectivity index (χ2n) is 7.38. The zero-order valence-corrected chi connectivity index (χ0v) is 16.8. The molecule has 2 amide bonds. The van der Waals surface area contributed by atoms with Crippen LogP contribution >= 0.6 is 0 Å². The van der Waals surface area contributed by atoms with E-state index < -0.39 is 23.7 Å². The van der Waals surface area contributed by atoms with Crippen LogP contribution in [0.15, 0.2) is 18.3 Å². The number of halogens is 3. The van der Waals surface area contributed by atoms with Gasteiger partial charge in [0.15, 0.2) is 11.3 Å². The summed E-state index contributed by atoms with van der Waals surface area (Å²) in [5.74, 6) is -1.20. The fraction of sp³-hybridized carbons (Fsp3) is 0.421. The van der Waals surface area contributed by atoms with Crippen LogP contribution in [0.5, 0.6) is 0 Å². The van der Waals surface area contributed by atoms with Gasteiger partial charge in [0.1, 0.15) is 11.4 Å². The zero-order valence-electron chi connectivity index (χ0n) is 16.8. The molecule has 164 valence electrons. The summed E-state index contributed by atoms with van der Waals surface area (Å²) in [6.45, 7) is 2.34. The molecule has 0 unspecified atom stereocenters. The van der Waals surface area contributed by atoms with Crippen molar-refractivity contribution < 1.29 is 22.8 Å². The van der Waals surface area contributed by atoms with Crippen LogP contribution in [0.4, 0.5) is 18.9 Å². The van der Waals surface area contributed by atoms with Gasteiger partial charge in [-0.2, -0.15) is 23.4 Å². The van der Waals surface area contributed by atoms with Crippen LogP contribution in [0.3, 0.4) is 0 Å². The number of amides is 2. The predicted octanol–water partition coefficient (Wildman–Crippen LogP) is 2.75. The number of carbonyl (C=O) groups is 2. The van der Waals surface area contributed by atoms with Gasteiger partial charge >= 0.3 is 6.18 Å². The number of hydrogen-bond donors (Lipinski definition) is 2. The zero-order chi connectivity index (χ0) is 22.3. The largest absolute Gasteiger partial charge is 0.433 e. The lowest BCUT2D eigenvalue weighted by Crippen LogP contribution is -2.27. The van der Waals surface area contributed by atoms with Gasteiger partial charge in [-0.1, -0.05) is 6.92 Å². The van der Waals surface area contributed by atoms with Crippen molar-refractivity contribution in [2.45, 2.75) is 38.3 Å². The molecule has 9 nitrogen and oxygen atoms in total. The molecule has 0 aliphatic heterocycles. The highest BCUT2D eigenvalue weighted by molar-refractivity contribution is 6.07. The van der Waals surface area contributed by atoms with E-state index in [2.05, 4.69) is 25.8 Å². The first kappa shape index (κ1) is 20.8. The van der Waals surface area contributed by atoms with Crippen molar-refractivity contribution in [1.29, 1.82) is 0 Å². The molecular formula is C19H20F3N7O2. The Hall–Kier alpha value is -3.44. The van der Waals surface area contributed by atoms with Crippen molar-refractivity contribution in [3.63, 3.8) is 0 Å². The van der Waals surface area contributed by atoms with Gasteiger partial charge in [0.2, 0.25) is 0 Å². The Balaban J connectivity index is 1.66. The fourth-order valence-electron chi connectivity index (χ4n) is 3.20. The number of hydrogen-bond acceptors (Lipinski definition) is 5. The minimum Gasteiger partial charge on any atom is -0.351 e. The second kappa shape index (κ2) is 7.67. The molecule has 1 aliphatic rings. The van der Waals surface area contributed by atoms with Crippen LogP contribution in [-0.4, -0.2) is 42.7 Å². The Labute approximate surface area is 174 Å². The van der Waals surface area contributed by atoms with Gasteiger partial charge in [0.05, 0.1) is 11.9 Å². The van der Waals surface area contributed by atoms with Gasteiger partial charge in [-0.15, -0.1) is 0 Å². The third kappa shape index (κ3) is 4.09. The number of anilines is 1. The average molecular weight is 435 g/mol. The van der Waals surface area contributed by atoms with E-state index in [4.69, 9.17) is 0 Å². The summed E-state index contributed by atoms with van der Waals surface area (Å²) in [5.41, 5.74) is -0.714. The molecule has 2 N–H and O–H groups in total. The summed E-state index contributed by atoms with van der Waals surface area (Å²) in [7, 11) is 1.54. The van der Waals surface area contributed by atoms with E-state index >= 15 is 0 Å². The Morgan fingerprint density at radius 3 is 2.61 bits per heavy atom. The second-order valence-corrected chi connectivity index (χ2v) is 7.38. The standard InChI is InChI=1S/C19H20F3N7O2/c1-3-6-23-18(31)16-13(9-24-28(16)2)26-17(30)12-8-15-25-11(10-4-5-10)7-14(19(20,21)22)29(15)27-12/h7-10H,3-6H2,1-2H3,(H,23,31)(H,26,30). The van der Waals surface area contributed by atoms with E-state index in [1.54, 1.807) is 7.05 Å². The lowest BCUT2D eigenvalue weighted by molar-refractivity contribution is -0.142. The van der Waals surface area contributed by atoms with Gasteiger partial charge in [-0.25, -0.2) is 9.50 Å². The van der Waals surface area contributed by atoms with E-state index in [0.29, 0.717) is 16.8 Å². The average Bonchev–Trinajstić information content (AvgIpc) is 3.37. The van der Waals surface area contributed by atoms with Gasteiger partial charge in [-0.05, 0) is 25.3 Å². The van der Waals surface area contributed by atoms with E-state index in [1.165, 1.54) is 16.9 Å². The van der Waals surface area contributed by atoms with Crippen molar-refractivity contribution in [2.75, 3.05) is 11.9 Å². The van der Waals surface area contributed by atoms with Crippen LogP contribution in [0.25, 0.3) is 5.65 Å². The van der Waals surface area contributed by atoms with E-state index in [-0.39, 0.29) is 28.6 Å². The van der Waals surface area contributed by atoms with Crippen molar-refractivity contribution in [1.82, 2.24) is 29.7 Å². The lowest BCUT2D eigenvalue weighted by atomic mass is 10.2. The third-order valence-corrected chi connectivity index (χ3v) is 4.90. The van der Waals surface area contributed by atoms with Crippen LogP contribution in [0.1, 0.15) is 64.5 Å². The number of fused-ring (bicyclic) bond motifs is 1. The van der Waals surface area contributed by atoms with Crippen LogP contribution in [-0.2, 0) is 13.2 Å². The first-order valence-electron chi connectivity index (χ1n) is 9.78. The third-order valence-electron chi connectivity index (χ3n) is 4.90. The predicted molar refractivity (Wildman–Crippen MR) is 104 cm³/mol. The summed E-state index contributed by atoms with van der Waals surface area (Å²) < 4.78 is 42.5. The highest BCUT2D eigenvalue weighted by Gasteiger charge is 2.37. The number of aromatic nitrogens is 5. The quantitative estimate of drug-likeness (QED) is 0.619. The normalized spacial score (nSPS) is 14.1. The minimum atomic E-state index is -4.65. The first-order valence-corrected chi connectivity index (χ1v) is 9.78. The molecule has 0 atom stereocenters. The molecule has 3 aromatic heterocycles. The fourth-order valence-corrected chi connectivity index (χ4v) is 3.20. The number of nitrogens with one attached hydrogen (secondary N) is 2. The molecule has 0 aromatic carbocycles. The van der Waals surface area contributed by atoms with Crippen LogP contribution in [0.2, 0.25) is 0 Å². The van der Waals surface area contributed by atoms with Gasteiger partial charge in [-0.3, -0.25) is 14.3 Å². The van der Waals surface area contributed by atoms with E-state index in [0.717, 1.165) is 25.3 Å². The molecule has 1 fully saturated rings. The number of nitrogens with zero attached hydrogens (tertiary/aromatic N) is 5. The number of rotatable bonds is 6. The van der Waals surface area contributed by atoms with Gasteiger partial charge in [0, 0.05) is 31.3 Å². The summed E-state index contributed by atoms with van der Waals surface area (Å²) in [6, 6.07) is 2.18. The molecule has 31 heavy (non-hydrogen) atoms. The van der Waals surface area contributed by atoms with Gasteiger partial charge in [0.25, 0.3) is 11.8 Å². The molecular weight excluding hydrogens is 415 g/mol. The van der Waals surface area contributed by atoms with Crippen LogP contribution < -0.4 is 10.6 Å². The molecule has 0 bridgehead atoms. The van der Waals surface area contributed by atoms with E-state index in [1.807, 2.05) is 6.92 Å². The maximum atomic E-state index is 13.5. The maximum absolute atomic E-state index is 13.5. The van der Waals surface area contributed by atoms with Crippen molar-refractivity contribution in [3.05, 3.63) is 41.1 Å². The Morgan fingerprint density at radius 1 is 1.23 bits per heavy atom. The topological polar surface area (TPSA) is 106 Å². The number of carbonyl (C=O) groups excluding carboxylic acids is 2. The molecule has 12 heteroatoms. The maximum Gasteiger partial charge on any atom is 0.433 e. The van der Waals surface area contributed by atoms with Crippen molar-refractivity contribution >= 4 is 23.1 Å². The molecule has 3 heterocycles. The molecule has 0 spiro atoms. The Morgan fingerprint density at radius 2 is 1.97 bits per heavy atom. The van der Waals surface area contributed by atoms with Crippen LogP contribution in [0, 0.1) is 0 Å². The smallest absolute Gasteiger partial charge is 0.351 e. The Bertz CT molecular complexity index is 1160. The summed E-state index contributed by atoms with van der Waals surface area (Å²) in [6.07, 6.45) is -1.07. The molecule has 0 radical (unpaired) electrons. The Kier molecular flexibility index (Phi) is 5.15. The molecule has 1 aliphatic carbocycles. The van der Waals surface area contributed by atoms with Crippen molar-refractivity contribution in [2.24, 2.45) is 7.05 Å². The number of aryl methyl sites for hydroxylation is 1. The highest BCUT2D eigenvalue weighted by atomic mass is 19.4. The SMILES string of the molecule is CCCNC(=O)c1c(NC(=O)c2cc3nc(C4CC4)cc(C(F)(F)F)n3n2)cnn1C. The molecule has 4 rings (SSSR count). The molecule has 0 saturated heterocycles. The van der Waals surface area contributed by atoms with Crippen molar-refractivity contribution in [3.8, 4) is 0 Å². The lowest BCUT2D eigenvalue weighted by Gasteiger charge is -2.10. The summed E-state index contributed by atoms with van der Waals surface area (Å²) in [5, 5.41) is 13.0. The summed E-state index contributed by atoms with van der Waals surface area (Å²) >= 11 is 0. The highest BCUT2D eigenvalue weighted by Crippen LogP contribution is 2.41. The monoisotopic (exact) mass is 435 g/mol. The molecule has 3 aromatic rings. The number of alkyl halides is 3. The molecule has 1 saturated carbocycles. The first-order chi connectivity index (χ1) is 14.7. The van der Waals surface area contributed by atoms with E-state index in [9.17, 15) is 22.8 Å².